The molecule has 0 aliphatic carbocycles. The lowest BCUT2D eigenvalue weighted by Gasteiger charge is -2.07. The molecule has 0 aromatic rings. The standard InChI is InChI=1S/C5H10NO2/c7-3-1-6-2-4-8-5-6/h5,7H,1-4H2. The van der Waals surface area contributed by atoms with Gasteiger partial charge in [-0.25, -0.2) is 0 Å². The Balaban J connectivity index is 2.06. The Morgan fingerprint density at radius 1 is 1.75 bits per heavy atom. The van der Waals surface area contributed by atoms with Crippen LogP contribution in [0.1, 0.15) is 0 Å². The van der Waals surface area contributed by atoms with Gasteiger partial charge in [-0.1, -0.05) is 0 Å². The van der Waals surface area contributed by atoms with Crippen molar-refractivity contribution in [3.05, 3.63) is 6.73 Å². The fourth-order valence-electron chi connectivity index (χ4n) is 0.674. The summed E-state index contributed by atoms with van der Waals surface area (Å²) in [4.78, 5) is 1.94. The van der Waals surface area contributed by atoms with Gasteiger partial charge in [0.2, 0.25) is 0 Å². The zero-order valence-electron chi connectivity index (χ0n) is 4.71. The van der Waals surface area contributed by atoms with Crippen molar-refractivity contribution in [3.8, 4) is 0 Å². The molecule has 1 aliphatic heterocycles. The smallest absolute Gasteiger partial charge is 0.151 e. The van der Waals surface area contributed by atoms with Gasteiger partial charge in [0.25, 0.3) is 0 Å². The third-order valence-electron chi connectivity index (χ3n) is 1.11. The van der Waals surface area contributed by atoms with Gasteiger partial charge in [0.15, 0.2) is 6.73 Å². The molecule has 47 valence electrons. The minimum absolute atomic E-state index is 0.208. The van der Waals surface area contributed by atoms with Gasteiger partial charge in [-0.3, -0.25) is 4.90 Å². The Morgan fingerprint density at radius 3 is 3.12 bits per heavy atom. The van der Waals surface area contributed by atoms with Gasteiger partial charge in [-0.05, 0) is 0 Å². The van der Waals surface area contributed by atoms with E-state index in [1.807, 2.05) is 4.90 Å². The van der Waals surface area contributed by atoms with E-state index in [4.69, 9.17) is 9.84 Å². The molecule has 0 aromatic heterocycles. The number of β-amino-alcohol motifs (C(OH)–C–C–N with tert-alkyl or cyclic N) is 1. The zero-order valence-corrected chi connectivity index (χ0v) is 4.71. The molecule has 1 heterocycles. The van der Waals surface area contributed by atoms with Gasteiger partial charge in [-0.2, -0.15) is 0 Å². The molecule has 3 heteroatoms. The van der Waals surface area contributed by atoms with Crippen LogP contribution in [0.5, 0.6) is 0 Å². The molecular formula is C5H10NO2. The topological polar surface area (TPSA) is 32.7 Å². The van der Waals surface area contributed by atoms with Crippen molar-refractivity contribution >= 4 is 0 Å². The van der Waals surface area contributed by atoms with Gasteiger partial charge >= 0.3 is 0 Å². The quantitative estimate of drug-likeness (QED) is 0.524. The van der Waals surface area contributed by atoms with E-state index >= 15 is 0 Å². The first-order chi connectivity index (χ1) is 3.93. The molecule has 1 rings (SSSR count). The van der Waals surface area contributed by atoms with E-state index < -0.39 is 0 Å². The third kappa shape index (κ3) is 1.43. The van der Waals surface area contributed by atoms with E-state index in [1.165, 1.54) is 0 Å². The summed E-state index contributed by atoms with van der Waals surface area (Å²) in [5.41, 5.74) is 0. The highest BCUT2D eigenvalue weighted by Crippen LogP contribution is 2.01. The molecule has 1 fully saturated rings. The first-order valence-electron chi connectivity index (χ1n) is 2.73. The van der Waals surface area contributed by atoms with Crippen molar-refractivity contribution < 1.29 is 9.84 Å². The first-order valence-corrected chi connectivity index (χ1v) is 2.73. The van der Waals surface area contributed by atoms with Gasteiger partial charge in [0.05, 0.1) is 13.2 Å². The highest BCUT2D eigenvalue weighted by atomic mass is 16.5. The van der Waals surface area contributed by atoms with Gasteiger partial charge in [-0.15, -0.1) is 0 Å². The summed E-state index contributed by atoms with van der Waals surface area (Å²) in [7, 11) is 0. The van der Waals surface area contributed by atoms with E-state index in [0.717, 1.165) is 13.2 Å². The highest BCUT2D eigenvalue weighted by Gasteiger charge is 2.10. The number of ether oxygens (including phenoxy) is 1. The van der Waals surface area contributed by atoms with Crippen molar-refractivity contribution in [2.45, 2.75) is 0 Å². The van der Waals surface area contributed by atoms with Gasteiger partial charge < -0.3 is 9.84 Å². The second kappa shape index (κ2) is 3.02. The van der Waals surface area contributed by atoms with Crippen molar-refractivity contribution in [2.75, 3.05) is 26.3 Å². The molecule has 0 aromatic carbocycles. The maximum absolute atomic E-state index is 8.41. The normalized spacial score (nSPS) is 22.1. The minimum Gasteiger partial charge on any atom is -0.395 e. The second-order valence-electron chi connectivity index (χ2n) is 1.74. The maximum atomic E-state index is 8.41. The van der Waals surface area contributed by atoms with Crippen LogP contribution in [-0.2, 0) is 4.74 Å². The van der Waals surface area contributed by atoms with Crippen LogP contribution in [0, 0.1) is 6.73 Å². The highest BCUT2D eigenvalue weighted by molar-refractivity contribution is 4.65. The van der Waals surface area contributed by atoms with E-state index in [1.54, 1.807) is 6.73 Å². The molecule has 0 saturated carbocycles. The Morgan fingerprint density at radius 2 is 2.62 bits per heavy atom. The number of hydrogen-bond donors (Lipinski definition) is 1. The second-order valence-corrected chi connectivity index (χ2v) is 1.74. The van der Waals surface area contributed by atoms with E-state index in [9.17, 15) is 0 Å². The van der Waals surface area contributed by atoms with Crippen LogP contribution in [0.15, 0.2) is 0 Å². The van der Waals surface area contributed by atoms with Crippen LogP contribution in [0.3, 0.4) is 0 Å². The average molecular weight is 116 g/mol. The summed E-state index contributed by atoms with van der Waals surface area (Å²) in [6, 6.07) is 0. The lowest BCUT2D eigenvalue weighted by Crippen LogP contribution is -2.20. The van der Waals surface area contributed by atoms with E-state index in [-0.39, 0.29) is 6.61 Å². The van der Waals surface area contributed by atoms with Crippen LogP contribution in [0.25, 0.3) is 0 Å². The number of aliphatic hydroxyl groups is 1. The van der Waals surface area contributed by atoms with Crippen LogP contribution in [0.4, 0.5) is 0 Å². The first kappa shape index (κ1) is 6.01. The largest absolute Gasteiger partial charge is 0.395 e. The molecule has 0 spiro atoms. The number of hydrogen-bond acceptors (Lipinski definition) is 3. The summed E-state index contributed by atoms with van der Waals surface area (Å²) < 4.78 is 4.90. The molecule has 3 nitrogen and oxygen atoms in total. The molecule has 1 radical (unpaired) electrons. The summed E-state index contributed by atoms with van der Waals surface area (Å²) in [5.74, 6) is 0. The Kier molecular flexibility index (Phi) is 2.27. The zero-order chi connectivity index (χ0) is 5.82. The van der Waals surface area contributed by atoms with Crippen LogP contribution < -0.4 is 0 Å². The van der Waals surface area contributed by atoms with E-state index in [2.05, 4.69) is 0 Å². The van der Waals surface area contributed by atoms with Crippen molar-refractivity contribution in [2.24, 2.45) is 0 Å². The molecule has 1 aliphatic rings. The molecule has 1 N–H and O–H groups in total. The number of nitrogens with zero attached hydrogens (tertiary/aromatic N) is 1. The van der Waals surface area contributed by atoms with Crippen LogP contribution in [-0.4, -0.2) is 36.3 Å². The van der Waals surface area contributed by atoms with Crippen LogP contribution in [0.2, 0.25) is 0 Å². The maximum Gasteiger partial charge on any atom is 0.151 e. The molecular weight excluding hydrogens is 106 g/mol. The minimum atomic E-state index is 0.208. The predicted octanol–water partition coefficient (Wildman–Crippen LogP) is -0.570. The lowest BCUT2D eigenvalue weighted by atomic mass is 10.6. The fourth-order valence-corrected chi connectivity index (χ4v) is 0.674. The molecule has 8 heavy (non-hydrogen) atoms. The third-order valence-corrected chi connectivity index (χ3v) is 1.11. The van der Waals surface area contributed by atoms with Crippen molar-refractivity contribution in [1.82, 2.24) is 4.90 Å². The molecule has 0 amide bonds. The summed E-state index contributed by atoms with van der Waals surface area (Å²) >= 11 is 0. The average Bonchev–Trinajstić information content (AvgIpc) is 2.19. The molecule has 0 unspecified atom stereocenters. The van der Waals surface area contributed by atoms with E-state index in [0.29, 0.717) is 6.54 Å². The number of aliphatic hydroxyl groups excluding tert-OH is 1. The molecule has 0 bridgehead atoms. The van der Waals surface area contributed by atoms with Crippen molar-refractivity contribution in [3.63, 3.8) is 0 Å². The lowest BCUT2D eigenvalue weighted by molar-refractivity contribution is 0.192. The Hall–Kier alpha value is -0.120. The predicted molar refractivity (Wildman–Crippen MR) is 28.9 cm³/mol. The monoisotopic (exact) mass is 116 g/mol. The summed E-state index contributed by atoms with van der Waals surface area (Å²) in [5, 5.41) is 8.41. The fraction of sp³-hybridized carbons (Fsp3) is 0.800. The van der Waals surface area contributed by atoms with Gasteiger partial charge in [0, 0.05) is 13.1 Å². The SMILES string of the molecule is OCCN1[CH]OCC1. The van der Waals surface area contributed by atoms with Crippen molar-refractivity contribution in [1.29, 1.82) is 0 Å². The summed E-state index contributed by atoms with van der Waals surface area (Å²) in [6.45, 7) is 4.25. The van der Waals surface area contributed by atoms with Gasteiger partial charge in [0.1, 0.15) is 0 Å². The number of rotatable bonds is 2. The van der Waals surface area contributed by atoms with Crippen LogP contribution >= 0.6 is 0 Å². The Bertz CT molecular complexity index is 61.4. The Labute approximate surface area is 48.9 Å². The molecule has 1 saturated heterocycles. The molecule has 0 atom stereocenters. The summed E-state index contributed by atoms with van der Waals surface area (Å²) in [6.07, 6.45) is 0.